The van der Waals surface area contributed by atoms with Crippen molar-refractivity contribution in [3.05, 3.63) is 34.9 Å². The monoisotopic (exact) mass is 334 g/mol. The summed E-state index contributed by atoms with van der Waals surface area (Å²) in [4.78, 5) is 0. The highest BCUT2D eigenvalue weighted by atomic mass is 35.5. The van der Waals surface area contributed by atoms with Crippen molar-refractivity contribution in [3.63, 3.8) is 0 Å². The second-order valence-electron chi connectivity index (χ2n) is 5.05. The average Bonchev–Trinajstić information content (AvgIpc) is 2.43. The third kappa shape index (κ3) is 5.92. The molecule has 0 aliphatic carbocycles. The molecule has 118 valence electrons. The van der Waals surface area contributed by atoms with Crippen molar-refractivity contribution in [2.45, 2.75) is 38.1 Å². The van der Waals surface area contributed by atoms with Gasteiger partial charge in [0.05, 0.1) is 11.9 Å². The molecule has 1 saturated heterocycles. The Morgan fingerprint density at radius 1 is 1.43 bits per heavy atom. The van der Waals surface area contributed by atoms with Gasteiger partial charge < -0.3 is 9.47 Å². The fraction of sp³-hybridized carbons (Fsp3) is 0.571. The number of hydrogen-bond donors (Lipinski definition) is 1. The molecular formula is C14H19ClO5S. The predicted octanol–water partition coefficient (Wildman–Crippen LogP) is 3.20. The van der Waals surface area contributed by atoms with Crippen molar-refractivity contribution < 1.29 is 22.4 Å². The first-order valence-electron chi connectivity index (χ1n) is 6.92. The normalized spacial score (nSPS) is 21.1. The first-order valence-corrected chi connectivity index (χ1v) is 8.90. The van der Waals surface area contributed by atoms with Gasteiger partial charge in [-0.05, 0) is 43.4 Å². The highest BCUT2D eigenvalue weighted by Crippen LogP contribution is 2.28. The third-order valence-electron chi connectivity index (χ3n) is 3.31. The van der Waals surface area contributed by atoms with Crippen molar-refractivity contribution in [2.24, 2.45) is 0 Å². The number of halogens is 1. The maximum Gasteiger partial charge on any atom is 0.264 e. The lowest BCUT2D eigenvalue weighted by Crippen LogP contribution is -2.25. The van der Waals surface area contributed by atoms with E-state index in [1.165, 1.54) is 0 Å². The summed E-state index contributed by atoms with van der Waals surface area (Å²) in [5.74, 6) is -0.364. The van der Waals surface area contributed by atoms with E-state index in [4.69, 9.17) is 25.6 Å². The van der Waals surface area contributed by atoms with Crippen molar-refractivity contribution in [3.8, 4) is 0 Å². The highest BCUT2D eigenvalue weighted by molar-refractivity contribution is 7.85. The van der Waals surface area contributed by atoms with Crippen molar-refractivity contribution in [1.29, 1.82) is 0 Å². The molecule has 21 heavy (non-hydrogen) atoms. The van der Waals surface area contributed by atoms with E-state index in [1.54, 1.807) is 18.2 Å². The van der Waals surface area contributed by atoms with Crippen LogP contribution in [-0.4, -0.2) is 31.6 Å². The van der Waals surface area contributed by atoms with E-state index < -0.39 is 16.2 Å². The zero-order valence-corrected chi connectivity index (χ0v) is 13.1. The predicted molar refractivity (Wildman–Crippen MR) is 79.9 cm³/mol. The van der Waals surface area contributed by atoms with Crippen LogP contribution in [-0.2, 0) is 19.6 Å². The van der Waals surface area contributed by atoms with Gasteiger partial charge in [-0.1, -0.05) is 23.7 Å². The molecule has 0 aromatic heterocycles. The van der Waals surface area contributed by atoms with Gasteiger partial charge in [-0.2, -0.15) is 8.42 Å². The molecule has 0 saturated carbocycles. The Morgan fingerprint density at radius 3 is 2.86 bits per heavy atom. The van der Waals surface area contributed by atoms with Crippen LogP contribution in [0.4, 0.5) is 0 Å². The minimum absolute atomic E-state index is 0.152. The van der Waals surface area contributed by atoms with E-state index in [1.807, 2.05) is 6.07 Å². The first kappa shape index (κ1) is 16.7. The Balaban J connectivity index is 2.09. The van der Waals surface area contributed by atoms with E-state index >= 15 is 0 Å². The van der Waals surface area contributed by atoms with E-state index in [-0.39, 0.29) is 18.5 Å². The SMILES string of the molecule is O=S(=O)(O)CCC(O[C@H]1CCCCO1)c1cccc(Cl)c1. The summed E-state index contributed by atoms with van der Waals surface area (Å²) in [5, 5.41) is 0.553. The van der Waals surface area contributed by atoms with Gasteiger partial charge in [-0.15, -0.1) is 0 Å². The van der Waals surface area contributed by atoms with Gasteiger partial charge in [-0.3, -0.25) is 4.55 Å². The molecule has 0 bridgehead atoms. The van der Waals surface area contributed by atoms with E-state index in [2.05, 4.69) is 0 Å². The van der Waals surface area contributed by atoms with E-state index in [0.29, 0.717) is 11.6 Å². The van der Waals surface area contributed by atoms with Gasteiger partial charge in [0.25, 0.3) is 10.1 Å². The van der Waals surface area contributed by atoms with E-state index in [9.17, 15) is 8.42 Å². The van der Waals surface area contributed by atoms with Crippen LogP contribution in [0, 0.1) is 0 Å². The number of benzene rings is 1. The van der Waals surface area contributed by atoms with Crippen LogP contribution in [0.5, 0.6) is 0 Å². The summed E-state index contributed by atoms with van der Waals surface area (Å²) in [6.45, 7) is 0.644. The molecule has 1 aromatic rings. The highest BCUT2D eigenvalue weighted by Gasteiger charge is 2.23. The molecule has 1 aliphatic heterocycles. The minimum Gasteiger partial charge on any atom is -0.353 e. The summed E-state index contributed by atoms with van der Waals surface area (Å²) < 4.78 is 42.3. The molecule has 7 heteroatoms. The van der Waals surface area contributed by atoms with Crippen molar-refractivity contribution in [1.82, 2.24) is 0 Å². The fourth-order valence-corrected chi connectivity index (χ4v) is 2.99. The zero-order chi connectivity index (χ0) is 15.3. The van der Waals surface area contributed by atoms with Crippen LogP contribution in [0.25, 0.3) is 0 Å². The largest absolute Gasteiger partial charge is 0.353 e. The lowest BCUT2D eigenvalue weighted by atomic mass is 10.1. The number of rotatable bonds is 6. The number of hydrogen-bond acceptors (Lipinski definition) is 4. The third-order valence-corrected chi connectivity index (χ3v) is 4.30. The molecule has 0 amide bonds. The molecular weight excluding hydrogens is 316 g/mol. The molecule has 1 fully saturated rings. The van der Waals surface area contributed by atoms with Gasteiger partial charge in [0.15, 0.2) is 6.29 Å². The lowest BCUT2D eigenvalue weighted by Gasteiger charge is -2.28. The maximum atomic E-state index is 11.0. The molecule has 1 N–H and O–H groups in total. The summed E-state index contributed by atoms with van der Waals surface area (Å²) in [6.07, 6.45) is 2.14. The Kier molecular flexibility index (Phi) is 6.01. The summed E-state index contributed by atoms with van der Waals surface area (Å²) in [6, 6.07) is 7.08. The van der Waals surface area contributed by atoms with Gasteiger partial charge in [0.1, 0.15) is 0 Å². The lowest BCUT2D eigenvalue weighted by molar-refractivity contribution is -0.190. The second-order valence-corrected chi connectivity index (χ2v) is 7.06. The molecule has 0 spiro atoms. The molecule has 1 aliphatic rings. The molecule has 1 unspecified atom stereocenters. The molecule has 2 atom stereocenters. The minimum atomic E-state index is -4.03. The summed E-state index contributed by atoms with van der Waals surface area (Å²) in [5.41, 5.74) is 0.778. The van der Waals surface area contributed by atoms with Crippen LogP contribution in [0.3, 0.4) is 0 Å². The second kappa shape index (κ2) is 7.56. The standard InChI is InChI=1S/C14H19ClO5S/c15-12-5-3-4-11(10-12)13(7-9-21(16,17)18)20-14-6-1-2-8-19-14/h3-5,10,13-14H,1-2,6-9H2,(H,16,17,18)/t13?,14-/m0/s1. The Bertz CT molecular complexity index is 554. The molecule has 1 heterocycles. The zero-order valence-electron chi connectivity index (χ0n) is 11.6. The van der Waals surface area contributed by atoms with Crippen LogP contribution >= 0.6 is 11.6 Å². The van der Waals surface area contributed by atoms with Gasteiger partial charge >= 0.3 is 0 Å². The summed E-state index contributed by atoms with van der Waals surface area (Å²) in [7, 11) is -4.03. The fourth-order valence-electron chi connectivity index (χ4n) is 2.28. The van der Waals surface area contributed by atoms with Crippen LogP contribution in [0.2, 0.25) is 5.02 Å². The molecule has 0 radical (unpaired) electrons. The topological polar surface area (TPSA) is 72.8 Å². The maximum absolute atomic E-state index is 11.0. The average molecular weight is 335 g/mol. The Morgan fingerprint density at radius 2 is 2.24 bits per heavy atom. The van der Waals surface area contributed by atoms with Crippen LogP contribution in [0.15, 0.2) is 24.3 Å². The number of ether oxygens (including phenoxy) is 2. The smallest absolute Gasteiger partial charge is 0.264 e. The molecule has 1 aromatic carbocycles. The van der Waals surface area contributed by atoms with Crippen LogP contribution < -0.4 is 0 Å². The van der Waals surface area contributed by atoms with Crippen molar-refractivity contribution in [2.75, 3.05) is 12.4 Å². The van der Waals surface area contributed by atoms with E-state index in [0.717, 1.165) is 24.8 Å². The Hall–Kier alpha value is -0.660. The first-order chi connectivity index (χ1) is 9.94. The van der Waals surface area contributed by atoms with Gasteiger partial charge in [0, 0.05) is 11.6 Å². The summed E-state index contributed by atoms with van der Waals surface area (Å²) >= 11 is 5.97. The van der Waals surface area contributed by atoms with Gasteiger partial charge in [-0.25, -0.2) is 0 Å². The van der Waals surface area contributed by atoms with Crippen LogP contribution in [0.1, 0.15) is 37.4 Å². The Labute approximate surface area is 130 Å². The molecule has 5 nitrogen and oxygen atoms in total. The quantitative estimate of drug-likeness (QED) is 0.809. The van der Waals surface area contributed by atoms with Gasteiger partial charge in [0.2, 0.25) is 0 Å². The molecule has 2 rings (SSSR count). The van der Waals surface area contributed by atoms with Crippen molar-refractivity contribution >= 4 is 21.7 Å².